The summed E-state index contributed by atoms with van der Waals surface area (Å²) in [5.41, 5.74) is -2.52. The summed E-state index contributed by atoms with van der Waals surface area (Å²) in [7, 11) is 0. The molecular formula is C29H46N4O8. The van der Waals surface area contributed by atoms with Crippen LogP contribution in [0.1, 0.15) is 87.0 Å². The second kappa shape index (κ2) is 13.2. The number of hydrogen-bond donors (Lipinski definition) is 3. The lowest BCUT2D eigenvalue weighted by atomic mass is 9.62. The smallest absolute Gasteiger partial charge is 0.407 e. The number of alkyl carbamates (subject to hydrolysis) is 2. The quantitative estimate of drug-likeness (QED) is 0.239. The van der Waals surface area contributed by atoms with Crippen LogP contribution >= 0.6 is 0 Å². The third kappa shape index (κ3) is 10.6. The fourth-order valence-corrected chi connectivity index (χ4v) is 7.19. The third-order valence-electron chi connectivity index (χ3n) is 8.14. The van der Waals surface area contributed by atoms with E-state index in [1.54, 1.807) is 12.2 Å². The largest absolute Gasteiger partial charge is 0.481 e. The Kier molecular flexibility index (Phi) is 10.9. The van der Waals surface area contributed by atoms with Gasteiger partial charge in [-0.1, -0.05) is 41.5 Å². The Morgan fingerprint density at radius 2 is 1.15 bits per heavy atom. The van der Waals surface area contributed by atoms with Crippen LogP contribution in [-0.4, -0.2) is 73.8 Å². The van der Waals surface area contributed by atoms with Crippen LogP contribution in [0, 0.1) is 27.1 Å². The van der Waals surface area contributed by atoms with E-state index in [1.165, 1.54) is 6.92 Å². The minimum atomic E-state index is -1.67. The molecule has 0 spiro atoms. The van der Waals surface area contributed by atoms with Crippen molar-refractivity contribution in [2.45, 2.75) is 99.1 Å². The number of nitrogens with one attached hydrogen (secondary N) is 2. The van der Waals surface area contributed by atoms with E-state index in [9.17, 15) is 29.1 Å². The van der Waals surface area contributed by atoms with Gasteiger partial charge in [0.1, 0.15) is 18.6 Å². The summed E-state index contributed by atoms with van der Waals surface area (Å²) < 4.78 is 10.6. The molecule has 2 aliphatic rings. The Labute approximate surface area is 242 Å². The standard InChI is InChI=1S/C29H46N4O8/c1-25(2)8-20(10-27(5,12-25)14-30-18-34)32-23(38)40-16-29(7,22(36)37)17-41-24(39)33-21-9-26(3,4)13-28(6,11-21)15-31-19-35/h20-21H,8-17H2,1-7H3,(H,32,38)(H,33,39)(H,36,37). The summed E-state index contributed by atoms with van der Waals surface area (Å²) in [5, 5.41) is 15.5. The predicted molar refractivity (Wildman–Crippen MR) is 150 cm³/mol. The summed E-state index contributed by atoms with van der Waals surface area (Å²) in [6, 6.07) is -0.502. The van der Waals surface area contributed by atoms with Gasteiger partial charge in [-0.05, 0) is 67.1 Å². The van der Waals surface area contributed by atoms with Gasteiger partial charge < -0.3 is 25.2 Å². The highest BCUT2D eigenvalue weighted by atomic mass is 16.6. The van der Waals surface area contributed by atoms with Gasteiger partial charge in [0.2, 0.25) is 12.2 Å². The van der Waals surface area contributed by atoms with Crippen LogP contribution in [-0.2, 0) is 23.9 Å². The number of aliphatic imine (C=N–C) groups is 2. The number of carboxylic acids is 1. The molecule has 0 aromatic heterocycles. The van der Waals surface area contributed by atoms with Crippen molar-refractivity contribution in [3.05, 3.63) is 0 Å². The van der Waals surface area contributed by atoms with Crippen molar-refractivity contribution in [2.24, 2.45) is 37.1 Å². The fourth-order valence-electron chi connectivity index (χ4n) is 7.19. The molecule has 0 aromatic carbocycles. The fraction of sp³-hybridized carbons (Fsp3) is 0.828. The molecule has 2 fully saturated rings. The van der Waals surface area contributed by atoms with E-state index in [0.717, 1.165) is 12.8 Å². The van der Waals surface area contributed by atoms with Crippen molar-refractivity contribution in [1.82, 2.24) is 10.6 Å². The lowest BCUT2D eigenvalue weighted by Crippen LogP contribution is -2.49. The van der Waals surface area contributed by atoms with Crippen LogP contribution in [0.3, 0.4) is 0 Å². The Hall–Kier alpha value is -3.23. The summed E-state index contributed by atoms with van der Waals surface area (Å²) >= 11 is 0. The highest BCUT2D eigenvalue weighted by Gasteiger charge is 2.44. The van der Waals surface area contributed by atoms with Gasteiger partial charge in [0.05, 0.1) is 13.1 Å². The molecule has 0 heterocycles. The average molecular weight is 579 g/mol. The SMILES string of the molecule is CC1(C)CC(NC(=O)OCC(C)(COC(=O)NC2CC(C)(C)CC(C)(CN=C=O)C2)C(=O)O)CC(C)(CN=C=O)C1. The molecule has 0 aliphatic heterocycles. The van der Waals surface area contributed by atoms with Gasteiger partial charge >= 0.3 is 18.2 Å². The van der Waals surface area contributed by atoms with E-state index in [2.05, 4.69) is 48.3 Å². The number of aliphatic carboxylic acids is 1. The Morgan fingerprint density at radius 3 is 1.46 bits per heavy atom. The minimum absolute atomic E-state index is 0.118. The maximum absolute atomic E-state index is 12.7. The number of amides is 2. The van der Waals surface area contributed by atoms with E-state index in [4.69, 9.17) is 9.47 Å². The van der Waals surface area contributed by atoms with Crippen molar-refractivity contribution < 1.29 is 38.6 Å². The van der Waals surface area contributed by atoms with Gasteiger partial charge in [-0.3, -0.25) is 4.79 Å². The average Bonchev–Trinajstić information content (AvgIpc) is 2.81. The van der Waals surface area contributed by atoms with Crippen LogP contribution in [0.4, 0.5) is 9.59 Å². The van der Waals surface area contributed by atoms with E-state index in [1.807, 2.05) is 13.8 Å². The van der Waals surface area contributed by atoms with Crippen LogP contribution in [0.5, 0.6) is 0 Å². The summed E-state index contributed by atoms with van der Waals surface area (Å²) in [5.74, 6) is -1.28. The van der Waals surface area contributed by atoms with Gasteiger partial charge in [0.15, 0.2) is 0 Å². The molecule has 0 radical (unpaired) electrons. The summed E-state index contributed by atoms with van der Waals surface area (Å²) in [6.45, 7) is 13.2. The monoisotopic (exact) mass is 578 g/mol. The Bertz CT molecular complexity index is 1000. The molecule has 41 heavy (non-hydrogen) atoms. The molecule has 0 saturated heterocycles. The molecule has 12 heteroatoms. The van der Waals surface area contributed by atoms with Crippen molar-refractivity contribution >= 4 is 30.3 Å². The van der Waals surface area contributed by atoms with Crippen LogP contribution in [0.15, 0.2) is 9.98 Å². The van der Waals surface area contributed by atoms with E-state index < -0.39 is 36.8 Å². The molecular weight excluding hydrogens is 532 g/mol. The molecule has 4 unspecified atom stereocenters. The first-order valence-corrected chi connectivity index (χ1v) is 14.0. The highest BCUT2D eigenvalue weighted by molar-refractivity contribution is 5.76. The molecule has 2 amide bonds. The first-order chi connectivity index (χ1) is 18.8. The first kappa shape index (κ1) is 34.0. The molecule has 2 saturated carbocycles. The molecule has 0 bridgehead atoms. The van der Waals surface area contributed by atoms with Crippen LogP contribution in [0.25, 0.3) is 0 Å². The van der Waals surface area contributed by atoms with Gasteiger partial charge in [-0.25, -0.2) is 29.2 Å². The normalized spacial score (nSPS) is 29.8. The first-order valence-electron chi connectivity index (χ1n) is 14.0. The molecule has 2 rings (SSSR count). The molecule has 2 aliphatic carbocycles. The van der Waals surface area contributed by atoms with Crippen molar-refractivity contribution in [3.63, 3.8) is 0 Å². The van der Waals surface area contributed by atoms with Crippen LogP contribution in [0.2, 0.25) is 0 Å². The molecule has 12 nitrogen and oxygen atoms in total. The Morgan fingerprint density at radius 1 is 0.780 bits per heavy atom. The predicted octanol–water partition coefficient (Wildman–Crippen LogP) is 4.37. The number of hydrogen-bond acceptors (Lipinski definition) is 9. The zero-order valence-corrected chi connectivity index (χ0v) is 25.4. The van der Waals surface area contributed by atoms with E-state index >= 15 is 0 Å². The molecule has 4 atom stereocenters. The number of ether oxygens (including phenoxy) is 2. The number of rotatable bonds is 11. The third-order valence-corrected chi connectivity index (χ3v) is 8.14. The summed E-state index contributed by atoms with van der Waals surface area (Å²) in [4.78, 5) is 66.2. The van der Waals surface area contributed by atoms with Crippen molar-refractivity contribution in [2.75, 3.05) is 26.3 Å². The zero-order chi connectivity index (χ0) is 31.1. The number of nitrogens with zero attached hydrogens (tertiary/aromatic N) is 2. The lowest BCUT2D eigenvalue weighted by molar-refractivity contribution is -0.153. The zero-order valence-electron chi connectivity index (χ0n) is 25.4. The second-order valence-corrected chi connectivity index (χ2v) is 14.6. The number of carbonyl (C=O) groups is 3. The van der Waals surface area contributed by atoms with Gasteiger partial charge in [-0.15, -0.1) is 0 Å². The lowest BCUT2D eigenvalue weighted by Gasteiger charge is -2.46. The second-order valence-electron chi connectivity index (χ2n) is 14.6. The van der Waals surface area contributed by atoms with Gasteiger partial charge in [0.25, 0.3) is 0 Å². The maximum Gasteiger partial charge on any atom is 0.407 e. The molecule has 230 valence electrons. The molecule has 0 aromatic rings. The van der Waals surface area contributed by atoms with E-state index in [0.29, 0.717) is 38.8 Å². The highest BCUT2D eigenvalue weighted by Crippen LogP contribution is 2.47. The number of carboxylic acid groups (broad SMARTS) is 1. The maximum atomic E-state index is 12.7. The Balaban J connectivity index is 1.94. The summed E-state index contributed by atoms with van der Waals surface area (Å²) in [6.07, 6.45) is 5.77. The number of carbonyl (C=O) groups excluding carboxylic acids is 4. The number of isocyanates is 2. The van der Waals surface area contributed by atoms with Gasteiger partial charge in [-0.2, -0.15) is 0 Å². The van der Waals surface area contributed by atoms with E-state index in [-0.39, 0.29) is 33.7 Å². The molecule has 3 N–H and O–H groups in total. The van der Waals surface area contributed by atoms with Crippen molar-refractivity contribution in [3.8, 4) is 0 Å². The minimum Gasteiger partial charge on any atom is -0.481 e. The van der Waals surface area contributed by atoms with Gasteiger partial charge in [0, 0.05) is 12.1 Å². The topological polar surface area (TPSA) is 173 Å². The van der Waals surface area contributed by atoms with Crippen molar-refractivity contribution in [1.29, 1.82) is 0 Å². The van der Waals surface area contributed by atoms with Crippen LogP contribution < -0.4 is 10.6 Å².